The third-order valence-corrected chi connectivity index (χ3v) is 4.89. The quantitative estimate of drug-likeness (QED) is 0.155. The Labute approximate surface area is 252 Å². The molecule has 8 nitrogen and oxygen atoms in total. The van der Waals surface area contributed by atoms with Crippen molar-refractivity contribution in [3.05, 3.63) is 152 Å². The van der Waals surface area contributed by atoms with Crippen LogP contribution >= 0.6 is 0 Å². The molecule has 5 rings (SSSR count). The van der Waals surface area contributed by atoms with Gasteiger partial charge in [0.15, 0.2) is 0 Å². The van der Waals surface area contributed by atoms with E-state index in [-0.39, 0.29) is 35.9 Å². The van der Waals surface area contributed by atoms with E-state index < -0.39 is 0 Å². The van der Waals surface area contributed by atoms with Gasteiger partial charge in [-0.15, -0.1) is 0 Å². The number of hydrogen-bond donors (Lipinski definition) is 2. The van der Waals surface area contributed by atoms with E-state index in [1.54, 1.807) is 29.7 Å². The van der Waals surface area contributed by atoms with Crippen LogP contribution in [0.15, 0.2) is 122 Å². The van der Waals surface area contributed by atoms with E-state index in [1.807, 2.05) is 97.3 Å². The van der Waals surface area contributed by atoms with Gasteiger partial charge in [-0.25, -0.2) is 0 Å². The fraction of sp³-hybridized carbons (Fsp3) is 0.161. The van der Waals surface area contributed by atoms with Crippen LogP contribution in [0, 0.1) is 7.43 Å². The summed E-state index contributed by atoms with van der Waals surface area (Å²) in [5, 5.41) is 3.29. The maximum atomic E-state index is 11.0. The molecule has 0 fully saturated rings. The molecule has 0 unspecified atom stereocenters. The number of amides is 1. The van der Waals surface area contributed by atoms with E-state index in [1.165, 1.54) is 0 Å². The molecule has 0 spiro atoms. The molecule has 5 heterocycles. The second kappa shape index (κ2) is 22.9. The van der Waals surface area contributed by atoms with Gasteiger partial charge >= 0.3 is 0 Å². The van der Waals surface area contributed by atoms with Crippen molar-refractivity contribution in [2.24, 2.45) is 0 Å². The van der Waals surface area contributed by atoms with Crippen molar-refractivity contribution < 1.29 is 25.9 Å². The predicted octanol–water partition coefficient (Wildman–Crippen LogP) is 5.50. The van der Waals surface area contributed by atoms with Gasteiger partial charge in [-0.05, 0) is 60.7 Å². The molecule has 0 radical (unpaired) electrons. The molecule has 2 N–H and O–H groups in total. The first kappa shape index (κ1) is 36.0. The van der Waals surface area contributed by atoms with E-state index in [0.29, 0.717) is 13.1 Å². The van der Waals surface area contributed by atoms with Gasteiger partial charge in [0.25, 0.3) is 0 Å². The Kier molecular flexibility index (Phi) is 20.6. The summed E-state index contributed by atoms with van der Waals surface area (Å²) in [4.78, 5) is 32.3. The third-order valence-electron chi connectivity index (χ3n) is 4.89. The van der Waals surface area contributed by atoms with Crippen molar-refractivity contribution in [2.45, 2.75) is 33.6 Å². The minimum atomic E-state index is 0. The first-order chi connectivity index (χ1) is 18.3. The Hall–Kier alpha value is -4.00. The zero-order valence-electron chi connectivity index (χ0n) is 22.0. The van der Waals surface area contributed by atoms with Crippen LogP contribution in [0.2, 0.25) is 0 Å². The normalized spacial score (nSPS) is 9.00. The van der Waals surface area contributed by atoms with Gasteiger partial charge in [0, 0.05) is 71.3 Å². The second-order valence-electron chi connectivity index (χ2n) is 7.78. The van der Waals surface area contributed by atoms with Gasteiger partial charge in [-0.3, -0.25) is 24.7 Å². The number of aromatic nitrogens is 5. The molecular weight excluding hydrogens is 670 g/mol. The molecule has 1 amide bonds. The molecule has 40 heavy (non-hydrogen) atoms. The zero-order chi connectivity index (χ0) is 25.8. The molecule has 210 valence electrons. The van der Waals surface area contributed by atoms with Crippen LogP contribution in [-0.4, -0.2) is 36.2 Å². The maximum Gasteiger partial charge on any atom is 0.210 e. The van der Waals surface area contributed by atoms with E-state index >= 15 is 0 Å². The first-order valence-corrected chi connectivity index (χ1v) is 11.9. The number of pyridine rings is 4. The fourth-order valence-corrected chi connectivity index (χ4v) is 3.13. The van der Waals surface area contributed by atoms with Crippen LogP contribution in [0.5, 0.6) is 0 Å². The van der Waals surface area contributed by atoms with Crippen molar-refractivity contribution in [2.75, 3.05) is 0 Å². The Morgan fingerprint density at radius 2 is 1.00 bits per heavy atom. The monoisotopic (exact) mass is 708 g/mol. The number of carbonyl (C=O) groups is 1. The second-order valence-corrected chi connectivity index (χ2v) is 7.78. The number of H-pyrrole nitrogens is 1. The molecule has 9 heteroatoms. The molecule has 0 aliphatic rings. The Morgan fingerprint density at radius 3 is 1.27 bits per heavy atom. The minimum absolute atomic E-state index is 0. The summed E-state index contributed by atoms with van der Waals surface area (Å²) in [7, 11) is 0. The first-order valence-electron chi connectivity index (χ1n) is 11.9. The maximum absolute atomic E-state index is 11.0. The molecule has 0 atom stereocenters. The molecule has 5 aromatic rings. The van der Waals surface area contributed by atoms with Crippen LogP contribution in [0.25, 0.3) is 0 Å². The van der Waals surface area contributed by atoms with E-state index in [0.717, 1.165) is 42.3 Å². The standard InChI is InChI=1S/C13H13N3O.C12H13N3.C4H5N.CH4.CH3.W/c17-11-16(9-12-5-1-3-7-14-12)10-13-6-2-4-8-15-13;1-3-7-14-11(5-1)9-13-10-12-6-2-4-8-15-12;1-2-4-5-3-1;;;/h1-8,11H,9-10H2;1-8,13H,9-10H2;1-5H;1H4;1H3;/q;;;;-1;. The number of nitrogens with one attached hydrogen (secondary N) is 2. The molecule has 0 aliphatic heterocycles. The summed E-state index contributed by atoms with van der Waals surface area (Å²) in [6, 6.07) is 27.0. The SMILES string of the molecule is C.O=CN(Cc1ccccn1)Cc1ccccn1.[CH3-].[W].c1cc[nH]c1.c1ccc(CNCc2ccccn2)nc1. The van der Waals surface area contributed by atoms with Crippen LogP contribution < -0.4 is 5.32 Å². The largest absolute Gasteiger partial charge is 0.368 e. The number of nitrogens with zero attached hydrogens (tertiary/aromatic N) is 5. The van der Waals surface area contributed by atoms with Crippen LogP contribution in [0.1, 0.15) is 30.2 Å². The van der Waals surface area contributed by atoms with Crippen molar-refractivity contribution in [3.8, 4) is 0 Å². The van der Waals surface area contributed by atoms with E-state index in [2.05, 4.69) is 30.2 Å². The van der Waals surface area contributed by atoms with Crippen LogP contribution in [0.4, 0.5) is 0 Å². The zero-order valence-corrected chi connectivity index (χ0v) is 24.9. The van der Waals surface area contributed by atoms with Gasteiger partial charge in [0.05, 0.1) is 35.9 Å². The average Bonchev–Trinajstić information content (AvgIpc) is 3.56. The number of carbonyl (C=O) groups excluding carboxylic acids is 1. The molecule has 0 aromatic carbocycles. The number of aromatic amines is 1. The van der Waals surface area contributed by atoms with Gasteiger partial charge in [-0.2, -0.15) is 0 Å². The number of hydrogen-bond acceptors (Lipinski definition) is 6. The van der Waals surface area contributed by atoms with Crippen molar-refractivity contribution in [1.29, 1.82) is 0 Å². The molecule has 0 aliphatic carbocycles. The summed E-state index contributed by atoms with van der Waals surface area (Å²) in [6.45, 7) is 2.55. The summed E-state index contributed by atoms with van der Waals surface area (Å²) in [5.41, 5.74) is 3.84. The summed E-state index contributed by atoms with van der Waals surface area (Å²) < 4.78 is 0. The Morgan fingerprint density at radius 1 is 0.625 bits per heavy atom. The van der Waals surface area contributed by atoms with E-state index in [4.69, 9.17) is 0 Å². The fourth-order valence-electron chi connectivity index (χ4n) is 3.13. The summed E-state index contributed by atoms with van der Waals surface area (Å²) >= 11 is 0. The smallest absolute Gasteiger partial charge is 0.210 e. The van der Waals surface area contributed by atoms with Gasteiger partial charge in [0.1, 0.15) is 0 Å². The van der Waals surface area contributed by atoms with Crippen LogP contribution in [0.3, 0.4) is 0 Å². The van der Waals surface area contributed by atoms with Crippen molar-refractivity contribution >= 4 is 6.41 Å². The Balaban J connectivity index is 0.000000611. The average molecular weight is 709 g/mol. The molecule has 0 saturated carbocycles. The predicted molar refractivity (Wildman–Crippen MR) is 157 cm³/mol. The third kappa shape index (κ3) is 15.4. The minimum Gasteiger partial charge on any atom is -0.368 e. The summed E-state index contributed by atoms with van der Waals surface area (Å²) in [5.74, 6) is 0. The molecule has 0 saturated heterocycles. The topological polar surface area (TPSA) is 99.7 Å². The van der Waals surface area contributed by atoms with Crippen LogP contribution in [-0.2, 0) is 52.0 Å². The van der Waals surface area contributed by atoms with Crippen molar-refractivity contribution in [3.63, 3.8) is 0 Å². The summed E-state index contributed by atoms with van der Waals surface area (Å²) in [6.07, 6.45) is 11.6. The van der Waals surface area contributed by atoms with E-state index in [9.17, 15) is 4.79 Å². The Bertz CT molecular complexity index is 1120. The van der Waals surface area contributed by atoms with Gasteiger partial charge < -0.3 is 22.6 Å². The number of rotatable bonds is 9. The molecule has 5 aromatic heterocycles. The van der Waals surface area contributed by atoms with Gasteiger partial charge in [-0.1, -0.05) is 31.7 Å². The molecule has 0 bridgehead atoms. The van der Waals surface area contributed by atoms with Crippen molar-refractivity contribution in [1.82, 2.24) is 35.1 Å². The van der Waals surface area contributed by atoms with Gasteiger partial charge in [0.2, 0.25) is 6.41 Å². The molecular formula is C31H38N7OW-.